The Morgan fingerprint density at radius 3 is 2.62 bits per heavy atom. The largest absolute Gasteiger partial charge is 0.497 e. The molecule has 0 aliphatic carbocycles. The smallest absolute Gasteiger partial charge is 0.258 e. The number of aliphatic hydroxyl groups excluding tert-OH is 1. The number of amides is 1. The summed E-state index contributed by atoms with van der Waals surface area (Å²) in [6.07, 6.45) is 1.20. The number of aliphatic hydroxyl groups is 1. The number of nitrogens with one attached hydrogen (secondary N) is 1. The summed E-state index contributed by atoms with van der Waals surface area (Å²) < 4.78 is 12.5. The van der Waals surface area contributed by atoms with Crippen LogP contribution in [0.25, 0.3) is 10.9 Å². The van der Waals surface area contributed by atoms with Gasteiger partial charge in [-0.25, -0.2) is 0 Å². The number of aryl methyl sites for hydroxylation is 1. The van der Waals surface area contributed by atoms with Crippen LogP contribution in [0.5, 0.6) is 11.5 Å². The van der Waals surface area contributed by atoms with Crippen LogP contribution in [0, 0.1) is 0 Å². The maximum atomic E-state index is 11.9. The van der Waals surface area contributed by atoms with Gasteiger partial charge in [-0.1, -0.05) is 6.07 Å². The van der Waals surface area contributed by atoms with Gasteiger partial charge in [0, 0.05) is 25.3 Å². The van der Waals surface area contributed by atoms with Crippen LogP contribution in [0.15, 0.2) is 54.7 Å². The standard InChI is InChI=1S/C20H22N2O4/c1-22-10-9-14-11-15(3-8-18(14)22)19(23)12-21-20(24)13-26-17-6-4-16(25-2)5-7-17/h3-11,19,23H,12-13H2,1-2H3,(H,21,24). The Morgan fingerprint density at radius 1 is 1.15 bits per heavy atom. The number of carbonyl (C=O) groups is 1. The summed E-state index contributed by atoms with van der Waals surface area (Å²) >= 11 is 0. The first-order valence-corrected chi connectivity index (χ1v) is 8.33. The van der Waals surface area contributed by atoms with Crippen molar-refractivity contribution in [2.75, 3.05) is 20.3 Å². The third-order valence-electron chi connectivity index (χ3n) is 4.22. The Bertz CT molecular complexity index is 886. The topological polar surface area (TPSA) is 72.7 Å². The lowest BCUT2D eigenvalue weighted by molar-refractivity contribution is -0.123. The van der Waals surface area contributed by atoms with Crippen LogP contribution in [0.3, 0.4) is 0 Å². The first-order valence-electron chi connectivity index (χ1n) is 8.33. The minimum atomic E-state index is -0.774. The zero-order valence-electron chi connectivity index (χ0n) is 14.8. The van der Waals surface area contributed by atoms with Gasteiger partial charge in [0.05, 0.1) is 13.2 Å². The van der Waals surface area contributed by atoms with Crippen molar-refractivity contribution in [1.82, 2.24) is 9.88 Å². The number of aromatic nitrogens is 1. The number of ether oxygens (including phenoxy) is 2. The summed E-state index contributed by atoms with van der Waals surface area (Å²) in [6.45, 7) is 0.0138. The molecule has 2 aromatic carbocycles. The third-order valence-corrected chi connectivity index (χ3v) is 4.22. The van der Waals surface area contributed by atoms with E-state index in [1.165, 1.54) is 0 Å². The number of rotatable bonds is 7. The molecule has 0 spiro atoms. The van der Waals surface area contributed by atoms with E-state index >= 15 is 0 Å². The molecular weight excluding hydrogens is 332 g/mol. The van der Waals surface area contributed by atoms with E-state index in [0.29, 0.717) is 5.75 Å². The second-order valence-corrected chi connectivity index (χ2v) is 6.03. The number of hydrogen-bond acceptors (Lipinski definition) is 4. The Kier molecular flexibility index (Phi) is 5.43. The molecule has 0 saturated heterocycles. The highest BCUT2D eigenvalue weighted by atomic mass is 16.5. The summed E-state index contributed by atoms with van der Waals surface area (Å²) in [5.41, 5.74) is 1.86. The fourth-order valence-corrected chi connectivity index (χ4v) is 2.71. The molecule has 6 heteroatoms. The van der Waals surface area contributed by atoms with E-state index in [9.17, 15) is 9.90 Å². The lowest BCUT2D eigenvalue weighted by Crippen LogP contribution is -2.32. The quantitative estimate of drug-likeness (QED) is 0.683. The molecule has 3 aromatic rings. The third kappa shape index (κ3) is 4.15. The number of carbonyl (C=O) groups excluding carboxylic acids is 1. The van der Waals surface area contributed by atoms with Crippen molar-refractivity contribution < 1.29 is 19.4 Å². The minimum absolute atomic E-state index is 0.114. The first-order chi connectivity index (χ1) is 12.6. The Labute approximate surface area is 152 Å². The van der Waals surface area contributed by atoms with Crippen LogP contribution in [-0.4, -0.2) is 35.8 Å². The zero-order chi connectivity index (χ0) is 18.5. The number of benzene rings is 2. The molecule has 1 atom stereocenters. The molecule has 0 fully saturated rings. The molecule has 26 heavy (non-hydrogen) atoms. The fourth-order valence-electron chi connectivity index (χ4n) is 2.71. The molecule has 0 aliphatic rings. The highest BCUT2D eigenvalue weighted by molar-refractivity contribution is 5.81. The van der Waals surface area contributed by atoms with Gasteiger partial charge in [-0.2, -0.15) is 0 Å². The van der Waals surface area contributed by atoms with Crippen molar-refractivity contribution in [3.05, 3.63) is 60.3 Å². The molecule has 136 valence electrons. The number of methoxy groups -OCH3 is 1. The Hall–Kier alpha value is -2.99. The van der Waals surface area contributed by atoms with Crippen molar-refractivity contribution in [2.24, 2.45) is 7.05 Å². The maximum Gasteiger partial charge on any atom is 0.258 e. The fraction of sp³-hybridized carbons (Fsp3) is 0.250. The highest BCUT2D eigenvalue weighted by Crippen LogP contribution is 2.21. The van der Waals surface area contributed by atoms with Gasteiger partial charge >= 0.3 is 0 Å². The summed E-state index contributed by atoms with van der Waals surface area (Å²) in [6, 6.07) is 14.7. The van der Waals surface area contributed by atoms with Crippen LogP contribution in [0.4, 0.5) is 0 Å². The van der Waals surface area contributed by atoms with Crippen LogP contribution in [0.1, 0.15) is 11.7 Å². The van der Waals surface area contributed by atoms with Crippen molar-refractivity contribution in [3.8, 4) is 11.5 Å². The van der Waals surface area contributed by atoms with Gasteiger partial charge in [-0.05, 0) is 53.4 Å². The van der Waals surface area contributed by atoms with E-state index < -0.39 is 6.10 Å². The van der Waals surface area contributed by atoms with E-state index in [2.05, 4.69) is 5.32 Å². The maximum absolute atomic E-state index is 11.9. The highest BCUT2D eigenvalue weighted by Gasteiger charge is 2.11. The molecule has 0 saturated carbocycles. The number of nitrogens with zero attached hydrogens (tertiary/aromatic N) is 1. The SMILES string of the molecule is COc1ccc(OCC(=O)NCC(O)c2ccc3c(ccn3C)c2)cc1. The predicted octanol–water partition coefficient (Wildman–Crippen LogP) is 2.42. The van der Waals surface area contributed by atoms with Crippen molar-refractivity contribution in [3.63, 3.8) is 0 Å². The average molecular weight is 354 g/mol. The average Bonchev–Trinajstić information content (AvgIpc) is 3.05. The molecule has 0 radical (unpaired) electrons. The summed E-state index contributed by atoms with van der Waals surface area (Å²) in [7, 11) is 3.56. The molecule has 2 N–H and O–H groups in total. The molecule has 0 bridgehead atoms. The molecule has 6 nitrogen and oxygen atoms in total. The molecule has 0 aliphatic heterocycles. The molecule has 1 unspecified atom stereocenters. The van der Waals surface area contributed by atoms with Gasteiger partial charge in [0.25, 0.3) is 5.91 Å². The second kappa shape index (κ2) is 7.93. The number of fused-ring (bicyclic) bond motifs is 1. The van der Waals surface area contributed by atoms with Crippen LogP contribution in [0.2, 0.25) is 0 Å². The van der Waals surface area contributed by atoms with Crippen LogP contribution >= 0.6 is 0 Å². The van der Waals surface area contributed by atoms with Gasteiger partial charge in [-0.15, -0.1) is 0 Å². The summed E-state index contributed by atoms with van der Waals surface area (Å²) in [4.78, 5) is 11.9. The van der Waals surface area contributed by atoms with Gasteiger partial charge < -0.3 is 24.5 Å². The minimum Gasteiger partial charge on any atom is -0.497 e. The molecule has 1 heterocycles. The van der Waals surface area contributed by atoms with E-state index in [0.717, 1.165) is 22.2 Å². The van der Waals surface area contributed by atoms with E-state index in [1.54, 1.807) is 31.4 Å². The monoisotopic (exact) mass is 354 g/mol. The van der Waals surface area contributed by atoms with Gasteiger partial charge in [0.2, 0.25) is 0 Å². The molecule has 1 amide bonds. The van der Waals surface area contributed by atoms with Crippen LogP contribution in [-0.2, 0) is 11.8 Å². The van der Waals surface area contributed by atoms with Gasteiger partial charge in [0.1, 0.15) is 11.5 Å². The number of hydrogen-bond donors (Lipinski definition) is 2. The normalized spacial score (nSPS) is 12.0. The lowest BCUT2D eigenvalue weighted by Gasteiger charge is -2.13. The first kappa shape index (κ1) is 17.8. The van der Waals surface area contributed by atoms with Crippen LogP contribution < -0.4 is 14.8 Å². The second-order valence-electron chi connectivity index (χ2n) is 6.03. The van der Waals surface area contributed by atoms with Gasteiger partial charge in [0.15, 0.2) is 6.61 Å². The van der Waals surface area contributed by atoms with Crippen molar-refractivity contribution in [2.45, 2.75) is 6.10 Å². The van der Waals surface area contributed by atoms with Gasteiger partial charge in [-0.3, -0.25) is 4.79 Å². The lowest BCUT2D eigenvalue weighted by atomic mass is 10.1. The van der Waals surface area contributed by atoms with E-state index in [-0.39, 0.29) is 19.1 Å². The molecule has 1 aromatic heterocycles. The molecule has 3 rings (SSSR count). The van der Waals surface area contributed by atoms with E-state index in [1.807, 2.05) is 42.1 Å². The summed E-state index contributed by atoms with van der Waals surface area (Å²) in [5, 5.41) is 14.0. The summed E-state index contributed by atoms with van der Waals surface area (Å²) in [5.74, 6) is 1.01. The Balaban J connectivity index is 1.49. The molecular formula is C20H22N2O4. The Morgan fingerprint density at radius 2 is 1.88 bits per heavy atom. The predicted molar refractivity (Wildman–Crippen MR) is 99.4 cm³/mol. The van der Waals surface area contributed by atoms with Crippen molar-refractivity contribution in [1.29, 1.82) is 0 Å². The zero-order valence-corrected chi connectivity index (χ0v) is 14.8. The van der Waals surface area contributed by atoms with E-state index in [4.69, 9.17) is 9.47 Å². The van der Waals surface area contributed by atoms with Crippen molar-refractivity contribution >= 4 is 16.8 Å².